The number of aryl methyl sites for hydroxylation is 1. The molecular formula is C22H21BrN4OS. The van der Waals surface area contributed by atoms with Gasteiger partial charge >= 0.3 is 0 Å². The van der Waals surface area contributed by atoms with E-state index < -0.39 is 0 Å². The molecule has 148 valence electrons. The van der Waals surface area contributed by atoms with Gasteiger partial charge in [0.1, 0.15) is 6.54 Å². The Bertz CT molecular complexity index is 1110. The van der Waals surface area contributed by atoms with Crippen LogP contribution < -0.4 is 0 Å². The first kappa shape index (κ1) is 19.9. The molecule has 0 aliphatic rings. The number of aromatic nitrogens is 4. The first-order chi connectivity index (χ1) is 14.1. The summed E-state index contributed by atoms with van der Waals surface area (Å²) in [7, 11) is 0. The van der Waals surface area contributed by atoms with E-state index in [1.165, 1.54) is 16.7 Å². The maximum Gasteiger partial charge on any atom is 0.276 e. The Hall–Kier alpha value is -2.38. The molecule has 0 saturated heterocycles. The highest BCUT2D eigenvalue weighted by atomic mass is 79.9. The third kappa shape index (κ3) is 4.79. The molecule has 2 aromatic heterocycles. The van der Waals surface area contributed by atoms with Crippen molar-refractivity contribution < 1.29 is 4.42 Å². The molecule has 29 heavy (non-hydrogen) atoms. The van der Waals surface area contributed by atoms with Crippen molar-refractivity contribution in [2.24, 2.45) is 0 Å². The van der Waals surface area contributed by atoms with Gasteiger partial charge in [0, 0.05) is 5.75 Å². The van der Waals surface area contributed by atoms with Crippen LogP contribution in [0.1, 0.15) is 34.0 Å². The third-order valence-corrected chi connectivity index (χ3v) is 6.75. The molecule has 2 aromatic carbocycles. The smallest absolute Gasteiger partial charge is 0.276 e. The van der Waals surface area contributed by atoms with Crippen LogP contribution >= 0.6 is 27.7 Å². The Morgan fingerprint density at radius 3 is 2.41 bits per heavy atom. The van der Waals surface area contributed by atoms with E-state index in [-0.39, 0.29) is 0 Å². The first-order valence-corrected chi connectivity index (χ1v) is 11.1. The fourth-order valence-electron chi connectivity index (χ4n) is 3.14. The quantitative estimate of drug-likeness (QED) is 0.331. The Kier molecular flexibility index (Phi) is 6.16. The minimum atomic E-state index is 0.469. The number of rotatable bonds is 7. The molecule has 0 aliphatic carbocycles. The summed E-state index contributed by atoms with van der Waals surface area (Å²) in [5, 5.41) is 13.4. The second kappa shape index (κ2) is 8.97. The summed E-state index contributed by atoms with van der Waals surface area (Å²) in [6.07, 6.45) is 0.916. The van der Waals surface area contributed by atoms with E-state index in [4.69, 9.17) is 4.42 Å². The van der Waals surface area contributed by atoms with Gasteiger partial charge < -0.3 is 4.42 Å². The van der Waals surface area contributed by atoms with Crippen LogP contribution in [-0.2, 0) is 18.7 Å². The van der Waals surface area contributed by atoms with E-state index >= 15 is 0 Å². The summed E-state index contributed by atoms with van der Waals surface area (Å²) in [4.78, 5) is 0. The first-order valence-electron chi connectivity index (χ1n) is 9.35. The molecule has 0 spiro atoms. The topological polar surface area (TPSA) is 56.7 Å². The van der Waals surface area contributed by atoms with Crippen LogP contribution in [0.25, 0.3) is 0 Å². The Morgan fingerprint density at radius 2 is 1.69 bits per heavy atom. The van der Waals surface area contributed by atoms with Crippen molar-refractivity contribution in [1.29, 1.82) is 0 Å². The second-order valence-electron chi connectivity index (χ2n) is 6.82. The number of hydrogen-bond donors (Lipinski definition) is 0. The zero-order chi connectivity index (χ0) is 20.2. The second-order valence-corrected chi connectivity index (χ2v) is 8.54. The van der Waals surface area contributed by atoms with Gasteiger partial charge in [0.2, 0.25) is 5.89 Å². The molecule has 2 heterocycles. The highest BCUT2D eigenvalue weighted by Crippen LogP contribution is 2.26. The number of thioether (sulfide) groups is 1. The van der Waals surface area contributed by atoms with Gasteiger partial charge in [0.15, 0.2) is 0 Å². The van der Waals surface area contributed by atoms with E-state index in [0.717, 1.165) is 28.0 Å². The summed E-state index contributed by atoms with van der Waals surface area (Å²) in [6.45, 7) is 4.45. The standard InChI is InChI=1S/C22H21BrN4OS/c1-15-21(23)16(2)27(26-15)13-20-24-25-22(28-20)29-14-19-11-7-6-10-18(19)12-17-8-4-3-5-9-17/h3-11H,12-14H2,1-2H3. The molecule has 0 radical (unpaired) electrons. The number of benzene rings is 2. The Labute approximate surface area is 182 Å². The van der Waals surface area contributed by atoms with E-state index in [1.807, 2.05) is 24.6 Å². The zero-order valence-corrected chi connectivity index (χ0v) is 18.7. The fraction of sp³-hybridized carbons (Fsp3) is 0.227. The molecule has 4 aromatic rings. The van der Waals surface area contributed by atoms with Gasteiger partial charge in [-0.05, 0) is 52.9 Å². The molecule has 0 aliphatic heterocycles. The highest BCUT2D eigenvalue weighted by molar-refractivity contribution is 9.10. The summed E-state index contributed by atoms with van der Waals surface area (Å²) in [5.41, 5.74) is 5.90. The minimum Gasteiger partial charge on any atom is -0.414 e. The van der Waals surface area contributed by atoms with Crippen molar-refractivity contribution in [2.45, 2.75) is 37.8 Å². The molecule has 0 amide bonds. The SMILES string of the molecule is Cc1nn(Cc2nnc(SCc3ccccc3Cc3ccccc3)o2)c(C)c1Br. The molecule has 0 unspecified atom stereocenters. The predicted octanol–water partition coefficient (Wildman–Crippen LogP) is 5.58. The van der Waals surface area contributed by atoms with Crippen LogP contribution in [-0.4, -0.2) is 20.0 Å². The van der Waals surface area contributed by atoms with Gasteiger partial charge in [0.25, 0.3) is 5.22 Å². The van der Waals surface area contributed by atoms with Crippen molar-refractivity contribution in [3.8, 4) is 0 Å². The van der Waals surface area contributed by atoms with Gasteiger partial charge in [-0.15, -0.1) is 10.2 Å². The van der Waals surface area contributed by atoms with Crippen molar-refractivity contribution >= 4 is 27.7 Å². The van der Waals surface area contributed by atoms with Gasteiger partial charge in [0.05, 0.1) is 15.9 Å². The lowest BCUT2D eigenvalue weighted by molar-refractivity contribution is 0.396. The van der Waals surface area contributed by atoms with Crippen molar-refractivity contribution in [1.82, 2.24) is 20.0 Å². The average Bonchev–Trinajstić information content (AvgIpc) is 3.28. The van der Waals surface area contributed by atoms with E-state index in [9.17, 15) is 0 Å². The highest BCUT2D eigenvalue weighted by Gasteiger charge is 2.13. The number of nitrogens with zero attached hydrogens (tertiary/aromatic N) is 4. The summed E-state index contributed by atoms with van der Waals surface area (Å²) < 4.78 is 8.72. The van der Waals surface area contributed by atoms with Gasteiger partial charge in [-0.25, -0.2) is 0 Å². The minimum absolute atomic E-state index is 0.469. The fourth-order valence-corrected chi connectivity index (χ4v) is 4.24. The lowest BCUT2D eigenvalue weighted by atomic mass is 10.0. The molecule has 0 fully saturated rings. The van der Waals surface area contributed by atoms with E-state index in [2.05, 4.69) is 79.8 Å². The monoisotopic (exact) mass is 468 g/mol. The maximum atomic E-state index is 5.84. The van der Waals surface area contributed by atoms with Crippen molar-refractivity contribution in [3.63, 3.8) is 0 Å². The summed E-state index contributed by atoms with van der Waals surface area (Å²) in [6, 6.07) is 19.0. The number of halogens is 1. The van der Waals surface area contributed by atoms with Gasteiger partial charge in [-0.1, -0.05) is 66.4 Å². The third-order valence-electron chi connectivity index (χ3n) is 4.73. The Balaban J connectivity index is 1.42. The van der Waals surface area contributed by atoms with Crippen molar-refractivity contribution in [3.05, 3.63) is 93.0 Å². The lowest BCUT2D eigenvalue weighted by Crippen LogP contribution is -2.04. The predicted molar refractivity (Wildman–Crippen MR) is 118 cm³/mol. The summed E-state index contributed by atoms with van der Waals surface area (Å²) >= 11 is 5.11. The van der Waals surface area contributed by atoms with Crippen LogP contribution in [0.2, 0.25) is 0 Å². The average molecular weight is 469 g/mol. The van der Waals surface area contributed by atoms with Crippen LogP contribution in [0.4, 0.5) is 0 Å². The lowest BCUT2D eigenvalue weighted by Gasteiger charge is -2.08. The molecule has 0 atom stereocenters. The largest absolute Gasteiger partial charge is 0.414 e. The number of hydrogen-bond acceptors (Lipinski definition) is 5. The van der Waals surface area contributed by atoms with Crippen LogP contribution in [0.15, 0.2) is 68.7 Å². The van der Waals surface area contributed by atoms with E-state index in [1.54, 1.807) is 11.8 Å². The molecule has 4 rings (SSSR count). The van der Waals surface area contributed by atoms with Gasteiger partial charge in [-0.2, -0.15) is 5.10 Å². The van der Waals surface area contributed by atoms with Crippen LogP contribution in [0, 0.1) is 13.8 Å². The molecular weight excluding hydrogens is 448 g/mol. The normalized spacial score (nSPS) is 11.1. The molecule has 0 bridgehead atoms. The van der Waals surface area contributed by atoms with Crippen molar-refractivity contribution in [2.75, 3.05) is 0 Å². The van der Waals surface area contributed by atoms with Crippen LogP contribution in [0.5, 0.6) is 0 Å². The van der Waals surface area contributed by atoms with Gasteiger partial charge in [-0.3, -0.25) is 4.68 Å². The van der Waals surface area contributed by atoms with Crippen LogP contribution in [0.3, 0.4) is 0 Å². The molecule has 5 nitrogen and oxygen atoms in total. The Morgan fingerprint density at radius 1 is 0.966 bits per heavy atom. The maximum absolute atomic E-state index is 5.84. The van der Waals surface area contributed by atoms with E-state index in [0.29, 0.717) is 17.7 Å². The molecule has 0 N–H and O–H groups in total. The zero-order valence-electron chi connectivity index (χ0n) is 16.3. The molecule has 0 saturated carbocycles. The summed E-state index contributed by atoms with van der Waals surface area (Å²) in [5.74, 6) is 1.35. The molecule has 7 heteroatoms.